The first-order valence-electron chi connectivity index (χ1n) is 9.80. The molecule has 0 atom stereocenters. The van der Waals surface area contributed by atoms with Crippen molar-refractivity contribution in [2.24, 2.45) is 0 Å². The molecule has 3 aromatic carbocycles. The number of sulfonamides is 1. The fourth-order valence-electron chi connectivity index (χ4n) is 3.44. The SMILES string of the molecule is O=S(=O)(Cc1ccccc1)Nc1ccccc1Cc1ccc(N2C=C(O)NS2(=O)=O)c(O)c1. The van der Waals surface area contributed by atoms with Crippen LogP contribution in [0.1, 0.15) is 16.7 Å². The Bertz CT molecular complexity index is 1420. The molecule has 33 heavy (non-hydrogen) atoms. The number of rotatable bonds is 7. The van der Waals surface area contributed by atoms with Crippen molar-refractivity contribution in [1.82, 2.24) is 4.72 Å². The monoisotopic (exact) mass is 487 g/mol. The van der Waals surface area contributed by atoms with E-state index in [0.29, 0.717) is 22.4 Å². The number of benzene rings is 3. The summed E-state index contributed by atoms with van der Waals surface area (Å²) in [5.41, 5.74) is 2.34. The van der Waals surface area contributed by atoms with Gasteiger partial charge in [0.2, 0.25) is 15.9 Å². The van der Waals surface area contributed by atoms with Gasteiger partial charge < -0.3 is 10.2 Å². The Morgan fingerprint density at radius 2 is 1.61 bits per heavy atom. The highest BCUT2D eigenvalue weighted by Gasteiger charge is 2.30. The Kier molecular flexibility index (Phi) is 5.91. The molecule has 1 aliphatic heterocycles. The molecular weight excluding hydrogens is 466 g/mol. The lowest BCUT2D eigenvalue weighted by molar-refractivity contribution is 0.392. The van der Waals surface area contributed by atoms with Crippen LogP contribution in [0.5, 0.6) is 5.75 Å². The van der Waals surface area contributed by atoms with E-state index in [-0.39, 0.29) is 23.6 Å². The highest BCUT2D eigenvalue weighted by Crippen LogP contribution is 2.33. The molecule has 0 saturated heterocycles. The van der Waals surface area contributed by atoms with Crippen LogP contribution in [-0.4, -0.2) is 27.0 Å². The van der Waals surface area contributed by atoms with Crippen molar-refractivity contribution in [1.29, 1.82) is 0 Å². The summed E-state index contributed by atoms with van der Waals surface area (Å²) >= 11 is 0. The largest absolute Gasteiger partial charge is 0.506 e. The minimum atomic E-state index is -4.03. The maximum Gasteiger partial charge on any atom is 0.330 e. The van der Waals surface area contributed by atoms with Gasteiger partial charge in [-0.1, -0.05) is 54.6 Å². The van der Waals surface area contributed by atoms with Gasteiger partial charge in [-0.15, -0.1) is 0 Å². The summed E-state index contributed by atoms with van der Waals surface area (Å²) in [6.45, 7) is 0. The molecule has 4 rings (SSSR count). The lowest BCUT2D eigenvalue weighted by Crippen LogP contribution is -2.29. The molecule has 0 unspecified atom stereocenters. The average molecular weight is 488 g/mol. The molecule has 0 spiro atoms. The molecule has 3 aromatic rings. The third kappa shape index (κ3) is 5.21. The normalized spacial score (nSPS) is 15.0. The Morgan fingerprint density at radius 1 is 0.909 bits per heavy atom. The van der Waals surface area contributed by atoms with E-state index in [1.165, 1.54) is 12.1 Å². The summed E-state index contributed by atoms with van der Waals surface area (Å²) in [5.74, 6) is -1.04. The number of nitrogens with one attached hydrogen (secondary N) is 2. The number of nitrogens with zero attached hydrogens (tertiary/aromatic N) is 1. The first-order valence-corrected chi connectivity index (χ1v) is 12.9. The van der Waals surface area contributed by atoms with Crippen LogP contribution in [-0.2, 0) is 32.4 Å². The quantitative estimate of drug-likeness (QED) is 0.405. The topological polar surface area (TPSA) is 136 Å². The highest BCUT2D eigenvalue weighted by molar-refractivity contribution is 7.92. The fraction of sp³-hybridized carbons (Fsp3) is 0.0909. The molecule has 4 N–H and O–H groups in total. The summed E-state index contributed by atoms with van der Waals surface area (Å²) < 4.78 is 54.7. The molecule has 172 valence electrons. The van der Waals surface area contributed by atoms with Crippen LogP contribution in [0.15, 0.2) is 84.9 Å². The third-order valence-corrected chi connectivity index (χ3v) is 7.42. The molecule has 1 heterocycles. The van der Waals surface area contributed by atoms with Gasteiger partial charge in [0.1, 0.15) is 11.4 Å². The Hall–Kier alpha value is -3.70. The van der Waals surface area contributed by atoms with Crippen molar-refractivity contribution < 1.29 is 27.0 Å². The summed E-state index contributed by atoms with van der Waals surface area (Å²) in [5, 5.41) is 19.9. The summed E-state index contributed by atoms with van der Waals surface area (Å²) in [7, 11) is -7.69. The van der Waals surface area contributed by atoms with Crippen molar-refractivity contribution in [3.8, 4) is 5.75 Å². The second-order valence-corrected chi connectivity index (χ2v) is 10.7. The van der Waals surface area contributed by atoms with E-state index in [4.69, 9.17) is 0 Å². The Morgan fingerprint density at radius 3 is 2.27 bits per heavy atom. The minimum Gasteiger partial charge on any atom is -0.506 e. The van der Waals surface area contributed by atoms with Crippen LogP contribution in [0.2, 0.25) is 0 Å². The standard InChI is InChI=1S/C22H21N3O6S2/c26-21-13-17(10-11-20(21)25-14-22(27)24-33(25,30)31)12-18-8-4-5-9-19(18)23-32(28,29)15-16-6-2-1-3-7-16/h1-11,13-14,23-24,26-27H,12,15H2. The molecule has 0 radical (unpaired) electrons. The molecule has 0 bridgehead atoms. The smallest absolute Gasteiger partial charge is 0.330 e. The number of phenolic OH excluding ortho intramolecular Hbond substituents is 1. The maximum absolute atomic E-state index is 12.7. The van der Waals surface area contributed by atoms with E-state index < -0.39 is 26.1 Å². The fourth-order valence-corrected chi connectivity index (χ4v) is 5.75. The second kappa shape index (κ2) is 8.68. The molecule has 0 saturated carbocycles. The molecule has 0 fully saturated rings. The number of anilines is 2. The van der Waals surface area contributed by atoms with E-state index >= 15 is 0 Å². The number of aromatic hydroxyl groups is 1. The Labute approximate surface area is 191 Å². The van der Waals surface area contributed by atoms with Crippen molar-refractivity contribution >= 4 is 31.6 Å². The summed E-state index contributed by atoms with van der Waals surface area (Å²) in [6, 6.07) is 20.2. The lowest BCUT2D eigenvalue weighted by atomic mass is 10.0. The van der Waals surface area contributed by atoms with Crippen molar-refractivity contribution in [3.05, 3.63) is 102 Å². The molecule has 0 aliphatic carbocycles. The number of hydrogen-bond acceptors (Lipinski definition) is 6. The number of para-hydroxylation sites is 1. The van der Waals surface area contributed by atoms with Crippen molar-refractivity contribution in [3.63, 3.8) is 0 Å². The third-order valence-electron chi connectivity index (χ3n) is 4.89. The predicted octanol–water partition coefficient (Wildman–Crippen LogP) is 2.94. The van der Waals surface area contributed by atoms with Crippen molar-refractivity contribution in [2.45, 2.75) is 12.2 Å². The second-order valence-electron chi connectivity index (χ2n) is 7.42. The molecule has 1 aliphatic rings. The number of phenols is 1. The zero-order valence-electron chi connectivity index (χ0n) is 17.2. The van der Waals surface area contributed by atoms with Gasteiger partial charge in [0.05, 0.1) is 17.6 Å². The summed E-state index contributed by atoms with van der Waals surface area (Å²) in [6.07, 6.45) is 1.23. The van der Waals surface area contributed by atoms with Crippen LogP contribution in [0, 0.1) is 0 Å². The van der Waals surface area contributed by atoms with Crippen molar-refractivity contribution in [2.75, 3.05) is 9.03 Å². The Balaban J connectivity index is 1.55. The lowest BCUT2D eigenvalue weighted by Gasteiger charge is -2.17. The van der Waals surface area contributed by atoms with Gasteiger partial charge in [0.15, 0.2) is 0 Å². The zero-order valence-corrected chi connectivity index (χ0v) is 18.8. The number of hydrogen-bond donors (Lipinski definition) is 4. The molecule has 9 nitrogen and oxygen atoms in total. The van der Waals surface area contributed by atoms with E-state index in [2.05, 4.69) is 4.72 Å². The molecular formula is C22H21N3O6S2. The van der Waals surface area contributed by atoms with Crippen LogP contribution in [0.4, 0.5) is 11.4 Å². The van der Waals surface area contributed by atoms with Crippen LogP contribution < -0.4 is 13.7 Å². The maximum atomic E-state index is 12.7. The van der Waals surface area contributed by atoms with Gasteiger partial charge in [-0.05, 0) is 41.3 Å². The van der Waals surface area contributed by atoms with Gasteiger partial charge in [-0.2, -0.15) is 8.42 Å². The minimum absolute atomic E-state index is 0.0350. The predicted molar refractivity (Wildman–Crippen MR) is 125 cm³/mol. The molecule has 0 amide bonds. The molecule has 11 heteroatoms. The van der Waals surface area contributed by atoms with Crippen LogP contribution in [0.3, 0.4) is 0 Å². The van der Waals surface area contributed by atoms with Gasteiger partial charge in [0, 0.05) is 0 Å². The van der Waals surface area contributed by atoms with E-state index in [9.17, 15) is 27.0 Å². The van der Waals surface area contributed by atoms with Crippen LogP contribution >= 0.6 is 0 Å². The highest BCUT2D eigenvalue weighted by atomic mass is 32.2. The van der Waals surface area contributed by atoms with E-state index in [0.717, 1.165) is 10.5 Å². The van der Waals surface area contributed by atoms with Gasteiger partial charge in [-0.25, -0.2) is 17.4 Å². The average Bonchev–Trinajstić information content (AvgIpc) is 3.01. The van der Waals surface area contributed by atoms with E-state index in [1.807, 2.05) is 10.8 Å². The first kappa shape index (κ1) is 22.5. The number of aliphatic hydroxyl groups excluding tert-OH is 1. The van der Waals surface area contributed by atoms with E-state index in [1.54, 1.807) is 54.6 Å². The molecule has 0 aromatic heterocycles. The van der Waals surface area contributed by atoms with Crippen LogP contribution in [0.25, 0.3) is 0 Å². The first-order chi connectivity index (χ1) is 15.6. The number of aliphatic hydroxyl groups is 1. The zero-order chi connectivity index (χ0) is 23.6. The van der Waals surface area contributed by atoms with Gasteiger partial charge >= 0.3 is 10.2 Å². The van der Waals surface area contributed by atoms with Gasteiger partial charge in [0.25, 0.3) is 0 Å². The van der Waals surface area contributed by atoms with Gasteiger partial charge in [-0.3, -0.25) is 4.72 Å². The summed E-state index contributed by atoms with van der Waals surface area (Å²) in [4.78, 5) is 0.